The van der Waals surface area contributed by atoms with Gasteiger partial charge >= 0.3 is 0 Å². The molecule has 3 heteroatoms. The molecule has 2 nitrogen and oxygen atoms in total. The maximum absolute atomic E-state index is 4.88. The molecule has 1 aromatic heterocycles. The third-order valence-electron chi connectivity index (χ3n) is 6.68. The number of fused-ring (bicyclic) bond motifs is 4. The van der Waals surface area contributed by atoms with Crippen LogP contribution in [-0.2, 0) is 6.42 Å². The average Bonchev–Trinajstić information content (AvgIpc) is 3.23. The third kappa shape index (κ3) is 3.53. The molecule has 4 aromatic rings. The summed E-state index contributed by atoms with van der Waals surface area (Å²) < 4.78 is 2.44. The molecule has 1 aliphatic carbocycles. The van der Waals surface area contributed by atoms with E-state index in [4.69, 9.17) is 12.6 Å². The number of rotatable bonds is 2. The minimum atomic E-state index is 0.0752. The van der Waals surface area contributed by atoms with Gasteiger partial charge in [0.15, 0.2) is 0 Å². The van der Waals surface area contributed by atoms with Crippen molar-refractivity contribution < 1.29 is 0 Å². The van der Waals surface area contributed by atoms with E-state index in [-0.39, 0.29) is 5.25 Å². The molecule has 0 fully saturated rings. The Morgan fingerprint density at radius 2 is 1.58 bits per heavy atom. The zero-order valence-electron chi connectivity index (χ0n) is 18.4. The second kappa shape index (κ2) is 8.49. The van der Waals surface area contributed by atoms with E-state index in [2.05, 4.69) is 119 Å². The molecule has 0 spiro atoms. The van der Waals surface area contributed by atoms with E-state index >= 15 is 0 Å². The molecule has 0 saturated heterocycles. The Balaban J connectivity index is 1.53. The Labute approximate surface area is 200 Å². The van der Waals surface area contributed by atoms with Crippen LogP contribution in [0.25, 0.3) is 22.7 Å². The highest BCUT2D eigenvalue weighted by Gasteiger charge is 2.25. The quantitative estimate of drug-likeness (QED) is 0.313. The van der Waals surface area contributed by atoms with E-state index in [1.54, 1.807) is 0 Å². The van der Waals surface area contributed by atoms with Crippen LogP contribution >= 0.6 is 12.6 Å². The molecule has 0 N–H and O–H groups in total. The first-order chi connectivity index (χ1) is 16.3. The van der Waals surface area contributed by atoms with Crippen molar-refractivity contribution in [1.29, 1.82) is 0 Å². The van der Waals surface area contributed by atoms with Gasteiger partial charge in [0.05, 0.1) is 5.52 Å². The molecular weight excluding hydrogens is 420 g/mol. The number of nitrogens with zero attached hydrogens (tertiary/aromatic N) is 2. The van der Waals surface area contributed by atoms with Crippen LogP contribution in [0.4, 0.5) is 5.69 Å². The summed E-state index contributed by atoms with van der Waals surface area (Å²) in [6.45, 7) is 0.848. The molecule has 2 heterocycles. The number of hydrogen-bond donors (Lipinski definition) is 1. The third-order valence-corrected chi connectivity index (χ3v) is 7.13. The van der Waals surface area contributed by atoms with Gasteiger partial charge in [-0.25, -0.2) is 0 Å². The molecule has 1 atom stereocenters. The van der Waals surface area contributed by atoms with Crippen LogP contribution in [0.2, 0.25) is 0 Å². The fourth-order valence-corrected chi connectivity index (χ4v) is 5.48. The Morgan fingerprint density at radius 3 is 2.48 bits per heavy atom. The van der Waals surface area contributed by atoms with Gasteiger partial charge < -0.3 is 9.47 Å². The molecule has 162 valence electrons. The molecule has 6 rings (SSSR count). The summed E-state index contributed by atoms with van der Waals surface area (Å²) in [6, 6.07) is 28.2. The van der Waals surface area contributed by atoms with Crippen molar-refractivity contribution in [2.24, 2.45) is 0 Å². The van der Waals surface area contributed by atoms with Crippen LogP contribution in [0.1, 0.15) is 28.5 Å². The van der Waals surface area contributed by atoms with Crippen molar-refractivity contribution >= 4 is 35.3 Å². The molecule has 33 heavy (non-hydrogen) atoms. The van der Waals surface area contributed by atoms with Crippen LogP contribution in [0.5, 0.6) is 0 Å². The maximum Gasteiger partial charge on any atom is 0.0537 e. The normalized spacial score (nSPS) is 19.6. The molecular formula is C30H26N2S. The SMILES string of the molecule is SC1/C=C\C=C/CN(C2=Cc3c(n(-c4ccccc4)c4ccccc34)CC2)c2ccccc21. The van der Waals surface area contributed by atoms with Crippen molar-refractivity contribution in [2.45, 2.75) is 18.1 Å². The van der Waals surface area contributed by atoms with Gasteiger partial charge in [-0.15, -0.1) is 0 Å². The fourth-order valence-electron chi connectivity index (χ4n) is 5.17. The van der Waals surface area contributed by atoms with E-state index in [0.29, 0.717) is 0 Å². The summed E-state index contributed by atoms with van der Waals surface area (Å²) in [5, 5.41) is 1.39. The largest absolute Gasteiger partial charge is 0.341 e. The Bertz CT molecular complexity index is 1410. The first-order valence-corrected chi connectivity index (χ1v) is 12.1. The monoisotopic (exact) mass is 446 g/mol. The van der Waals surface area contributed by atoms with E-state index in [1.807, 2.05) is 0 Å². The highest BCUT2D eigenvalue weighted by Crippen LogP contribution is 2.40. The summed E-state index contributed by atoms with van der Waals surface area (Å²) in [6.07, 6.45) is 13.1. The molecule has 0 saturated carbocycles. The summed E-state index contributed by atoms with van der Waals surface area (Å²) in [5.74, 6) is 0. The van der Waals surface area contributed by atoms with E-state index in [9.17, 15) is 0 Å². The molecule has 2 aliphatic rings. The number of para-hydroxylation sites is 3. The molecule has 0 amide bonds. The van der Waals surface area contributed by atoms with Crippen molar-refractivity contribution in [1.82, 2.24) is 4.57 Å². The van der Waals surface area contributed by atoms with Crippen LogP contribution in [0.15, 0.2) is 109 Å². The average molecular weight is 447 g/mol. The van der Waals surface area contributed by atoms with Gasteiger partial charge in [-0.05, 0) is 48.7 Å². The van der Waals surface area contributed by atoms with E-state index in [0.717, 1.165) is 19.4 Å². The lowest BCUT2D eigenvalue weighted by Crippen LogP contribution is -2.25. The summed E-state index contributed by atoms with van der Waals surface area (Å²) in [5.41, 5.74) is 9.10. The van der Waals surface area contributed by atoms with Gasteiger partial charge in [-0.1, -0.05) is 78.9 Å². The van der Waals surface area contributed by atoms with E-state index in [1.165, 1.54) is 44.8 Å². The highest BCUT2D eigenvalue weighted by molar-refractivity contribution is 7.80. The number of thiol groups is 1. The van der Waals surface area contributed by atoms with Gasteiger partial charge in [0.25, 0.3) is 0 Å². The van der Waals surface area contributed by atoms with Crippen molar-refractivity contribution in [3.63, 3.8) is 0 Å². The lowest BCUT2D eigenvalue weighted by atomic mass is 9.97. The molecule has 0 radical (unpaired) electrons. The van der Waals surface area contributed by atoms with Crippen LogP contribution in [-0.4, -0.2) is 11.1 Å². The standard InChI is InChI=1S/C30H26N2S/c33-30-17-5-2-10-20-31(27-15-8-7-14-25(27)30)23-18-19-29-26(21-23)24-13-6-9-16-28(24)32(29)22-11-3-1-4-12-22/h1-17,21,30,33H,18-20H2/b10-2-,17-5-. The topological polar surface area (TPSA) is 8.17 Å². The molecule has 1 aliphatic heterocycles. The molecule has 1 unspecified atom stereocenters. The summed E-state index contributed by atoms with van der Waals surface area (Å²) in [4.78, 5) is 2.47. The first kappa shape index (κ1) is 20.2. The molecule has 3 aromatic carbocycles. The smallest absolute Gasteiger partial charge is 0.0537 e. The maximum atomic E-state index is 4.88. The number of allylic oxidation sites excluding steroid dienone is 3. The zero-order valence-corrected chi connectivity index (χ0v) is 19.3. The van der Waals surface area contributed by atoms with Crippen molar-refractivity contribution in [3.05, 3.63) is 126 Å². The zero-order chi connectivity index (χ0) is 22.2. The van der Waals surface area contributed by atoms with Crippen molar-refractivity contribution in [2.75, 3.05) is 11.4 Å². The number of aromatic nitrogens is 1. The van der Waals surface area contributed by atoms with Crippen molar-refractivity contribution in [3.8, 4) is 5.69 Å². The van der Waals surface area contributed by atoms with Gasteiger partial charge in [0, 0.05) is 45.5 Å². The van der Waals surface area contributed by atoms with Crippen LogP contribution < -0.4 is 4.90 Å². The van der Waals surface area contributed by atoms with Gasteiger partial charge in [0.1, 0.15) is 0 Å². The summed E-state index contributed by atoms with van der Waals surface area (Å²) in [7, 11) is 0. The predicted molar refractivity (Wildman–Crippen MR) is 143 cm³/mol. The van der Waals surface area contributed by atoms with Gasteiger partial charge in [-0.2, -0.15) is 12.6 Å². The minimum Gasteiger partial charge on any atom is -0.341 e. The highest BCUT2D eigenvalue weighted by atomic mass is 32.1. The fraction of sp³-hybridized carbons (Fsp3) is 0.133. The summed E-state index contributed by atoms with van der Waals surface area (Å²) >= 11 is 4.88. The minimum absolute atomic E-state index is 0.0752. The van der Waals surface area contributed by atoms with Crippen LogP contribution in [0, 0.1) is 0 Å². The Morgan fingerprint density at radius 1 is 0.788 bits per heavy atom. The second-order valence-corrected chi connectivity index (χ2v) is 9.17. The lowest BCUT2D eigenvalue weighted by molar-refractivity contribution is 0.813. The number of benzene rings is 3. The Kier molecular flexibility index (Phi) is 5.20. The second-order valence-electron chi connectivity index (χ2n) is 8.61. The van der Waals surface area contributed by atoms with Gasteiger partial charge in [-0.3, -0.25) is 0 Å². The Hall–Kier alpha value is -3.43. The molecule has 0 bridgehead atoms. The first-order valence-electron chi connectivity index (χ1n) is 11.6. The lowest BCUT2D eigenvalue weighted by Gasteiger charge is -2.31. The van der Waals surface area contributed by atoms with Crippen LogP contribution in [0.3, 0.4) is 0 Å². The number of anilines is 1. The van der Waals surface area contributed by atoms with E-state index < -0.39 is 0 Å². The predicted octanol–water partition coefficient (Wildman–Crippen LogP) is 7.52. The number of hydrogen-bond acceptors (Lipinski definition) is 2. The van der Waals surface area contributed by atoms with Gasteiger partial charge in [0.2, 0.25) is 0 Å².